The molecule has 0 aromatic heterocycles. The van der Waals surface area contributed by atoms with E-state index < -0.39 is 38.6 Å². The highest BCUT2D eigenvalue weighted by molar-refractivity contribution is 7.46. The van der Waals surface area contributed by atoms with E-state index in [4.69, 9.17) is 19.3 Å². The Balaban J connectivity index is 4.25. The Morgan fingerprint density at radius 1 is 0.544 bits per heavy atom. The van der Waals surface area contributed by atoms with Crippen LogP contribution in [0.25, 0.3) is 0 Å². The van der Waals surface area contributed by atoms with E-state index in [0.717, 1.165) is 77.0 Å². The minimum atomic E-state index is -4.82. The zero-order valence-corrected chi connectivity index (χ0v) is 35.4. The molecule has 0 aliphatic rings. The Labute approximate surface area is 344 Å². The predicted octanol–water partition coefficient (Wildman–Crippen LogP) is 11.7. The zero-order valence-electron chi connectivity index (χ0n) is 34.5. The third-order valence-electron chi connectivity index (χ3n) is 7.76. The summed E-state index contributed by atoms with van der Waals surface area (Å²) in [6.07, 6.45) is 56.3. The molecule has 57 heavy (non-hydrogen) atoms. The highest BCUT2D eigenvalue weighted by Gasteiger charge is 2.22. The fourth-order valence-corrected chi connectivity index (χ4v) is 5.10. The van der Waals surface area contributed by atoms with E-state index in [1.54, 1.807) is 24.3 Å². The fraction of sp³-hybridized carbons (Fsp3) is 0.489. The van der Waals surface area contributed by atoms with Crippen LogP contribution < -0.4 is 0 Å². The number of ether oxygens (including phenoxy) is 2. The van der Waals surface area contributed by atoms with E-state index in [0.29, 0.717) is 19.3 Å². The third kappa shape index (κ3) is 43.1. The number of carbonyl (C=O) groups excluding carboxylic acids is 2. The molecule has 0 heterocycles. The Morgan fingerprint density at radius 2 is 1.04 bits per heavy atom. The van der Waals surface area contributed by atoms with Gasteiger partial charge in [-0.05, 0) is 89.9 Å². The molecule has 2 atom stereocenters. The lowest BCUT2D eigenvalue weighted by Gasteiger charge is -2.18. The van der Waals surface area contributed by atoms with Crippen molar-refractivity contribution in [3.63, 3.8) is 0 Å². The molecule has 318 valence electrons. The average Bonchev–Trinajstić information content (AvgIpc) is 3.18. The van der Waals surface area contributed by atoms with Crippen molar-refractivity contribution in [3.05, 3.63) is 134 Å². The molecule has 9 nitrogen and oxygen atoms in total. The number of phosphoric ester groups is 1. The molecule has 0 aromatic carbocycles. The van der Waals surface area contributed by atoms with Gasteiger partial charge in [0, 0.05) is 12.8 Å². The van der Waals surface area contributed by atoms with Gasteiger partial charge in [-0.3, -0.25) is 14.1 Å². The highest BCUT2D eigenvalue weighted by atomic mass is 31.2. The third-order valence-corrected chi connectivity index (χ3v) is 8.24. The first-order chi connectivity index (χ1) is 27.7. The first kappa shape index (κ1) is 53.1. The summed E-state index contributed by atoms with van der Waals surface area (Å²) in [6.45, 7) is 3.25. The maximum Gasteiger partial charge on any atom is 0.469 e. The van der Waals surface area contributed by atoms with E-state index in [2.05, 4.69) is 116 Å². The molecule has 0 amide bonds. The van der Waals surface area contributed by atoms with Crippen LogP contribution in [0.2, 0.25) is 0 Å². The average molecular weight is 811 g/mol. The first-order valence-electron chi connectivity index (χ1n) is 20.6. The number of aliphatic hydroxyl groups excluding tert-OH is 1. The quantitative estimate of drug-likeness (QED) is 0.0188. The Hall–Kier alpha value is -3.85. The molecule has 0 spiro atoms. The normalized spacial score (nSPS) is 14.4. The molecule has 3 N–H and O–H groups in total. The zero-order chi connectivity index (χ0) is 41.9. The van der Waals surface area contributed by atoms with Crippen molar-refractivity contribution in [3.8, 4) is 0 Å². The number of unbranched alkanes of at least 4 members (excludes halogenated alkanes) is 3. The SMILES string of the molecule is CC/C=C\C/C=C\C/C=C\C/C=C\C=C/C(O)C/C=C\CCC(=O)OC[C@H](COP(=O)(O)O)OC(=O)CCCCC/C=C\C/C=C\C/C=C\C/C=C\C/C=C\CC. The van der Waals surface area contributed by atoms with Gasteiger partial charge in [0.05, 0.1) is 12.7 Å². The molecule has 0 aromatic rings. The predicted molar refractivity (Wildman–Crippen MR) is 235 cm³/mol. The summed E-state index contributed by atoms with van der Waals surface area (Å²) in [5.74, 6) is -1.12. The molecule has 0 aliphatic heterocycles. The lowest BCUT2D eigenvalue weighted by molar-refractivity contribution is -0.161. The van der Waals surface area contributed by atoms with Crippen LogP contribution in [-0.2, 0) is 28.2 Å². The van der Waals surface area contributed by atoms with E-state index in [-0.39, 0.29) is 19.4 Å². The van der Waals surface area contributed by atoms with Crippen LogP contribution in [0.1, 0.15) is 123 Å². The van der Waals surface area contributed by atoms with Crippen LogP contribution >= 0.6 is 7.82 Å². The molecule has 0 radical (unpaired) electrons. The van der Waals surface area contributed by atoms with Crippen LogP contribution in [0.3, 0.4) is 0 Å². The van der Waals surface area contributed by atoms with E-state index >= 15 is 0 Å². The number of hydrogen-bond donors (Lipinski definition) is 3. The van der Waals surface area contributed by atoms with Gasteiger partial charge in [0.15, 0.2) is 6.10 Å². The van der Waals surface area contributed by atoms with Gasteiger partial charge in [-0.15, -0.1) is 0 Å². The summed E-state index contributed by atoms with van der Waals surface area (Å²) in [5, 5.41) is 10.1. The fourth-order valence-electron chi connectivity index (χ4n) is 4.74. The van der Waals surface area contributed by atoms with Crippen LogP contribution in [0.15, 0.2) is 134 Å². The van der Waals surface area contributed by atoms with Crippen LogP contribution in [0.5, 0.6) is 0 Å². The van der Waals surface area contributed by atoms with E-state index in [1.165, 1.54) is 0 Å². The van der Waals surface area contributed by atoms with Crippen LogP contribution in [0, 0.1) is 0 Å². The van der Waals surface area contributed by atoms with Crippen molar-refractivity contribution in [1.82, 2.24) is 0 Å². The van der Waals surface area contributed by atoms with Gasteiger partial charge in [0.1, 0.15) is 6.61 Å². The lowest BCUT2D eigenvalue weighted by atomic mass is 10.1. The van der Waals surface area contributed by atoms with Crippen molar-refractivity contribution < 1.29 is 43.0 Å². The monoisotopic (exact) mass is 810 g/mol. The summed E-state index contributed by atoms with van der Waals surface area (Å²) in [5.41, 5.74) is 0. The van der Waals surface area contributed by atoms with Crippen LogP contribution in [0.4, 0.5) is 0 Å². The lowest BCUT2D eigenvalue weighted by Crippen LogP contribution is -2.29. The second-order valence-electron chi connectivity index (χ2n) is 13.0. The van der Waals surface area contributed by atoms with Crippen molar-refractivity contribution >= 4 is 19.8 Å². The molecule has 1 unspecified atom stereocenters. The molecule has 0 rings (SSSR count). The van der Waals surface area contributed by atoms with Crippen molar-refractivity contribution in [2.24, 2.45) is 0 Å². The van der Waals surface area contributed by atoms with Gasteiger partial charge in [-0.1, -0.05) is 154 Å². The molecular weight excluding hydrogens is 739 g/mol. The van der Waals surface area contributed by atoms with Gasteiger partial charge < -0.3 is 24.4 Å². The van der Waals surface area contributed by atoms with Crippen LogP contribution in [-0.4, -0.2) is 52.3 Å². The number of rotatable bonds is 35. The molecule has 0 saturated carbocycles. The van der Waals surface area contributed by atoms with Crippen molar-refractivity contribution in [1.29, 1.82) is 0 Å². The number of esters is 2. The number of hydrogen-bond acceptors (Lipinski definition) is 7. The smallest absolute Gasteiger partial charge is 0.462 e. The van der Waals surface area contributed by atoms with Crippen molar-refractivity contribution in [2.45, 2.75) is 135 Å². The summed E-state index contributed by atoms with van der Waals surface area (Å²) < 4.78 is 26.2. The number of aliphatic hydroxyl groups is 1. The summed E-state index contributed by atoms with van der Waals surface area (Å²) in [6, 6.07) is 0. The molecular formula is C47H71O9P. The molecule has 0 bridgehead atoms. The van der Waals surface area contributed by atoms with E-state index in [1.807, 2.05) is 12.2 Å². The minimum absolute atomic E-state index is 0.0439. The molecule has 10 heteroatoms. The Kier molecular flexibility index (Phi) is 37.6. The molecule has 0 saturated heterocycles. The second kappa shape index (κ2) is 40.4. The summed E-state index contributed by atoms with van der Waals surface area (Å²) in [7, 11) is -4.82. The number of carbonyl (C=O) groups is 2. The number of allylic oxidation sites excluding steroid dienone is 20. The van der Waals surface area contributed by atoms with Crippen molar-refractivity contribution in [2.75, 3.05) is 13.2 Å². The van der Waals surface area contributed by atoms with Gasteiger partial charge in [-0.25, -0.2) is 4.57 Å². The summed E-state index contributed by atoms with van der Waals surface area (Å²) >= 11 is 0. The van der Waals surface area contributed by atoms with Gasteiger partial charge in [0.25, 0.3) is 0 Å². The molecule has 0 fully saturated rings. The van der Waals surface area contributed by atoms with Gasteiger partial charge in [-0.2, -0.15) is 0 Å². The van der Waals surface area contributed by atoms with Gasteiger partial charge >= 0.3 is 19.8 Å². The first-order valence-corrected chi connectivity index (χ1v) is 22.1. The maximum absolute atomic E-state index is 12.4. The van der Waals surface area contributed by atoms with E-state index in [9.17, 15) is 19.3 Å². The largest absolute Gasteiger partial charge is 0.469 e. The second-order valence-corrected chi connectivity index (χ2v) is 14.3. The summed E-state index contributed by atoms with van der Waals surface area (Å²) in [4.78, 5) is 42.8. The maximum atomic E-state index is 12.4. The number of phosphoric acid groups is 1. The Bertz CT molecular complexity index is 1390. The minimum Gasteiger partial charge on any atom is -0.462 e. The Morgan fingerprint density at radius 3 is 1.56 bits per heavy atom. The van der Waals surface area contributed by atoms with Gasteiger partial charge in [0.2, 0.25) is 0 Å². The molecule has 0 aliphatic carbocycles. The highest BCUT2D eigenvalue weighted by Crippen LogP contribution is 2.36. The standard InChI is InChI=1S/C47H71O9P/c1-3-5-7-9-11-13-15-17-18-19-20-21-22-24-26-28-30-32-36-41-47(50)56-45(43-55-57(51,52)53)42-54-46(49)40-37-33-35-39-44(48)38-34-31-29-27-25-23-16-14-12-10-8-6-4-2/h5-8,11-14,17-18,20-21,23-26,29,31,33-35,38,44-45,48H,3-4,9-10,15-16,19,22,27-28,30,32,36-37,39-43H2,1-2H3,(H2,51,52,53)/b7-5-,8-6-,13-11-,14-12-,18-17-,21-20-,25-23-,26-24-,31-29-,35-33-,38-34-/t44?,45-/m1/s1. The topological polar surface area (TPSA) is 140 Å².